The van der Waals surface area contributed by atoms with Crippen LogP contribution < -0.4 is 15.4 Å². The van der Waals surface area contributed by atoms with E-state index in [0.29, 0.717) is 11.3 Å². The van der Waals surface area contributed by atoms with E-state index in [1.54, 1.807) is 38.1 Å². The van der Waals surface area contributed by atoms with E-state index in [1.807, 2.05) is 0 Å². The number of benzene rings is 1. The monoisotopic (exact) mass is 308 g/mol. The van der Waals surface area contributed by atoms with Crippen molar-refractivity contribution >= 4 is 17.8 Å². The van der Waals surface area contributed by atoms with Crippen molar-refractivity contribution in [3.63, 3.8) is 0 Å². The number of nitrogens with one attached hydrogen (secondary N) is 2. The van der Waals surface area contributed by atoms with Gasteiger partial charge < -0.3 is 20.5 Å². The molecule has 0 spiro atoms. The normalized spacial score (nSPS) is 11.6. The standard InChI is InChI=1S/C15H20N2O5/c1-9(2)13(15(21)16-8-12(18)19)17-14(20)10-6-4-5-7-11(10)22-3/h4-7,9,13H,8H2,1-3H3,(H,16,21)(H,17,20)(H,18,19). The summed E-state index contributed by atoms with van der Waals surface area (Å²) in [6.07, 6.45) is 0. The predicted molar refractivity (Wildman–Crippen MR) is 79.7 cm³/mol. The summed E-state index contributed by atoms with van der Waals surface area (Å²) in [6.45, 7) is 3.02. The second-order valence-electron chi connectivity index (χ2n) is 5.01. The van der Waals surface area contributed by atoms with Crippen LogP contribution in [0.2, 0.25) is 0 Å². The van der Waals surface area contributed by atoms with Crippen LogP contribution in [0, 0.1) is 5.92 Å². The van der Waals surface area contributed by atoms with E-state index in [9.17, 15) is 14.4 Å². The smallest absolute Gasteiger partial charge is 0.322 e. The highest BCUT2D eigenvalue weighted by molar-refractivity contribution is 6.00. The van der Waals surface area contributed by atoms with Gasteiger partial charge in [0.05, 0.1) is 12.7 Å². The zero-order valence-electron chi connectivity index (χ0n) is 12.8. The molecule has 7 nitrogen and oxygen atoms in total. The number of para-hydroxylation sites is 1. The summed E-state index contributed by atoms with van der Waals surface area (Å²) in [7, 11) is 1.45. The van der Waals surface area contributed by atoms with Gasteiger partial charge in [-0.2, -0.15) is 0 Å². The molecule has 0 saturated carbocycles. The molecular formula is C15H20N2O5. The van der Waals surface area contributed by atoms with Crippen LogP contribution in [0.3, 0.4) is 0 Å². The lowest BCUT2D eigenvalue weighted by Gasteiger charge is -2.21. The van der Waals surface area contributed by atoms with E-state index in [1.165, 1.54) is 7.11 Å². The number of carbonyl (C=O) groups excluding carboxylic acids is 2. The van der Waals surface area contributed by atoms with Crippen LogP contribution in [0.1, 0.15) is 24.2 Å². The van der Waals surface area contributed by atoms with Crippen LogP contribution in [0.5, 0.6) is 5.75 Å². The first kappa shape index (κ1) is 17.5. The highest BCUT2D eigenvalue weighted by Crippen LogP contribution is 2.17. The van der Waals surface area contributed by atoms with Gasteiger partial charge in [0.15, 0.2) is 0 Å². The number of carbonyl (C=O) groups is 3. The van der Waals surface area contributed by atoms with Crippen molar-refractivity contribution in [3.8, 4) is 5.75 Å². The fraction of sp³-hybridized carbons (Fsp3) is 0.400. The molecule has 0 fully saturated rings. The Kier molecular flexibility index (Phi) is 6.37. The third-order valence-corrected chi connectivity index (χ3v) is 3.00. The number of hydrogen-bond donors (Lipinski definition) is 3. The molecule has 0 radical (unpaired) electrons. The third-order valence-electron chi connectivity index (χ3n) is 3.00. The first-order chi connectivity index (χ1) is 10.4. The number of carboxylic acid groups (broad SMARTS) is 1. The molecule has 0 bridgehead atoms. The molecule has 0 aromatic heterocycles. The summed E-state index contributed by atoms with van der Waals surface area (Å²) in [6, 6.07) is 5.81. The maximum atomic E-state index is 12.3. The van der Waals surface area contributed by atoms with Crippen LogP contribution in [-0.4, -0.2) is 42.6 Å². The average Bonchev–Trinajstić information content (AvgIpc) is 2.49. The Balaban J connectivity index is 2.84. The lowest BCUT2D eigenvalue weighted by molar-refractivity contribution is -0.138. The van der Waals surface area contributed by atoms with Crippen LogP contribution in [-0.2, 0) is 9.59 Å². The maximum Gasteiger partial charge on any atom is 0.322 e. The quantitative estimate of drug-likeness (QED) is 0.686. The Morgan fingerprint density at radius 3 is 2.41 bits per heavy atom. The molecule has 2 amide bonds. The highest BCUT2D eigenvalue weighted by atomic mass is 16.5. The van der Waals surface area contributed by atoms with E-state index in [-0.39, 0.29) is 5.92 Å². The van der Waals surface area contributed by atoms with Gasteiger partial charge in [-0.15, -0.1) is 0 Å². The molecule has 22 heavy (non-hydrogen) atoms. The van der Waals surface area contributed by atoms with Crippen molar-refractivity contribution < 1.29 is 24.2 Å². The Morgan fingerprint density at radius 1 is 1.23 bits per heavy atom. The fourth-order valence-corrected chi connectivity index (χ4v) is 1.86. The molecule has 0 aliphatic carbocycles. The molecule has 3 N–H and O–H groups in total. The largest absolute Gasteiger partial charge is 0.496 e. The summed E-state index contributed by atoms with van der Waals surface area (Å²) in [5.74, 6) is -1.95. The number of hydrogen-bond acceptors (Lipinski definition) is 4. The molecule has 0 aliphatic heterocycles. The molecule has 1 aromatic rings. The number of methoxy groups -OCH3 is 1. The molecule has 0 heterocycles. The van der Waals surface area contributed by atoms with Crippen LogP contribution >= 0.6 is 0 Å². The zero-order chi connectivity index (χ0) is 16.7. The van der Waals surface area contributed by atoms with Crippen molar-refractivity contribution in [2.24, 2.45) is 5.92 Å². The molecule has 1 unspecified atom stereocenters. The van der Waals surface area contributed by atoms with Crippen molar-refractivity contribution in [1.29, 1.82) is 0 Å². The summed E-state index contributed by atoms with van der Waals surface area (Å²) in [5.41, 5.74) is 0.307. The first-order valence-electron chi connectivity index (χ1n) is 6.80. The Hall–Kier alpha value is -2.57. The van der Waals surface area contributed by atoms with E-state index in [2.05, 4.69) is 10.6 Å². The maximum absolute atomic E-state index is 12.3. The second kappa shape index (κ2) is 8.02. The molecule has 1 aromatic carbocycles. The van der Waals surface area contributed by atoms with Gasteiger partial charge in [0, 0.05) is 0 Å². The number of ether oxygens (including phenoxy) is 1. The SMILES string of the molecule is COc1ccccc1C(=O)NC(C(=O)NCC(=O)O)C(C)C. The number of amides is 2. The van der Waals surface area contributed by atoms with Gasteiger partial charge in [-0.1, -0.05) is 26.0 Å². The molecule has 1 atom stereocenters. The summed E-state index contributed by atoms with van der Waals surface area (Å²) in [5, 5.41) is 13.5. The first-order valence-corrected chi connectivity index (χ1v) is 6.80. The number of rotatable bonds is 7. The van der Waals surface area contributed by atoms with Gasteiger partial charge in [0.25, 0.3) is 5.91 Å². The summed E-state index contributed by atoms with van der Waals surface area (Å²) in [4.78, 5) is 34.8. The lowest BCUT2D eigenvalue weighted by atomic mass is 10.0. The average molecular weight is 308 g/mol. The summed E-state index contributed by atoms with van der Waals surface area (Å²) < 4.78 is 5.11. The van der Waals surface area contributed by atoms with Crippen molar-refractivity contribution in [3.05, 3.63) is 29.8 Å². The second-order valence-corrected chi connectivity index (χ2v) is 5.01. The minimum Gasteiger partial charge on any atom is -0.496 e. The van der Waals surface area contributed by atoms with E-state index in [4.69, 9.17) is 9.84 Å². The van der Waals surface area contributed by atoms with Gasteiger partial charge in [-0.05, 0) is 18.1 Å². The van der Waals surface area contributed by atoms with Crippen molar-refractivity contribution in [2.75, 3.05) is 13.7 Å². The lowest BCUT2D eigenvalue weighted by Crippen LogP contribution is -2.50. The molecule has 0 aliphatic rings. The zero-order valence-corrected chi connectivity index (χ0v) is 12.8. The van der Waals surface area contributed by atoms with Gasteiger partial charge in [-0.25, -0.2) is 0 Å². The van der Waals surface area contributed by atoms with Gasteiger partial charge >= 0.3 is 5.97 Å². The molecule has 1 rings (SSSR count). The molecule has 120 valence electrons. The Morgan fingerprint density at radius 2 is 1.86 bits per heavy atom. The van der Waals surface area contributed by atoms with Crippen LogP contribution in [0.25, 0.3) is 0 Å². The van der Waals surface area contributed by atoms with Crippen molar-refractivity contribution in [2.45, 2.75) is 19.9 Å². The minimum absolute atomic E-state index is 0.201. The summed E-state index contributed by atoms with van der Waals surface area (Å²) >= 11 is 0. The number of aliphatic carboxylic acids is 1. The predicted octanol–water partition coefficient (Wildman–Crippen LogP) is 0.650. The third kappa shape index (κ3) is 4.76. The van der Waals surface area contributed by atoms with E-state index >= 15 is 0 Å². The fourth-order valence-electron chi connectivity index (χ4n) is 1.86. The molecule has 0 saturated heterocycles. The van der Waals surface area contributed by atoms with E-state index < -0.39 is 30.4 Å². The highest BCUT2D eigenvalue weighted by Gasteiger charge is 2.25. The topological polar surface area (TPSA) is 105 Å². The van der Waals surface area contributed by atoms with E-state index in [0.717, 1.165) is 0 Å². The van der Waals surface area contributed by atoms with Gasteiger partial charge in [0.2, 0.25) is 5.91 Å². The Labute approximate surface area is 128 Å². The number of carboxylic acids is 1. The molecule has 7 heteroatoms. The minimum atomic E-state index is -1.15. The Bertz CT molecular complexity index is 557. The molecular weight excluding hydrogens is 288 g/mol. The van der Waals surface area contributed by atoms with Crippen LogP contribution in [0.15, 0.2) is 24.3 Å². The van der Waals surface area contributed by atoms with Crippen molar-refractivity contribution in [1.82, 2.24) is 10.6 Å². The van der Waals surface area contributed by atoms with Gasteiger partial charge in [-0.3, -0.25) is 14.4 Å². The van der Waals surface area contributed by atoms with Crippen LogP contribution in [0.4, 0.5) is 0 Å². The van der Waals surface area contributed by atoms with Gasteiger partial charge in [0.1, 0.15) is 18.3 Å².